The lowest BCUT2D eigenvalue weighted by molar-refractivity contribution is -0.143. The Labute approximate surface area is 242 Å². The van der Waals surface area contributed by atoms with Crippen LogP contribution in [0.15, 0.2) is 47.9 Å². The first-order valence-electron chi connectivity index (χ1n) is 13.8. The van der Waals surface area contributed by atoms with Gasteiger partial charge in [0, 0.05) is 31.4 Å². The van der Waals surface area contributed by atoms with Gasteiger partial charge >= 0.3 is 6.18 Å². The third-order valence-corrected chi connectivity index (χ3v) is 8.00. The molecule has 1 aromatic carbocycles. The van der Waals surface area contributed by atoms with Crippen molar-refractivity contribution < 1.29 is 13.2 Å². The smallest absolute Gasteiger partial charge is 0.362 e. The van der Waals surface area contributed by atoms with Gasteiger partial charge in [-0.1, -0.05) is 83.0 Å². The first kappa shape index (κ1) is 33.4. The molecule has 0 amide bonds. The predicted octanol–water partition coefficient (Wildman–Crippen LogP) is 9.29. The molecule has 40 heavy (non-hydrogen) atoms. The highest BCUT2D eigenvalue weighted by Gasteiger charge is 2.35. The number of halogens is 3. The number of aryl methyl sites for hydroxylation is 2. The van der Waals surface area contributed by atoms with Crippen molar-refractivity contribution in [3.8, 4) is 0 Å². The Hall–Kier alpha value is -2.81. The summed E-state index contributed by atoms with van der Waals surface area (Å²) in [4.78, 5) is 12.4. The summed E-state index contributed by atoms with van der Waals surface area (Å²) >= 11 is 1.35. The molecule has 0 aliphatic heterocycles. The first-order valence-corrected chi connectivity index (χ1v) is 14.6. The second-order valence-electron chi connectivity index (χ2n) is 10.6. The summed E-state index contributed by atoms with van der Waals surface area (Å²) in [6.07, 6.45) is 4.02. The summed E-state index contributed by atoms with van der Waals surface area (Å²) < 4.78 is 38.8. The summed E-state index contributed by atoms with van der Waals surface area (Å²) in [5.74, 6) is 3.83. The van der Waals surface area contributed by atoms with Gasteiger partial charge in [-0.3, -0.25) is 4.68 Å². The molecular formula is C31H44F3N5S. The van der Waals surface area contributed by atoms with Crippen LogP contribution in [0.5, 0.6) is 0 Å². The van der Waals surface area contributed by atoms with E-state index in [1.165, 1.54) is 44.5 Å². The molecule has 0 unspecified atom stereocenters. The number of nitrogens with zero attached hydrogens (tertiary/aromatic N) is 5. The monoisotopic (exact) mass is 575 g/mol. The van der Waals surface area contributed by atoms with E-state index in [0.717, 1.165) is 56.5 Å². The summed E-state index contributed by atoms with van der Waals surface area (Å²) in [6, 6.07) is 9.12. The Morgan fingerprint density at radius 1 is 1.10 bits per heavy atom. The minimum absolute atomic E-state index is 0.326. The zero-order valence-electron chi connectivity index (χ0n) is 25.1. The third-order valence-electron chi connectivity index (χ3n) is 6.76. The first-order chi connectivity index (χ1) is 18.8. The number of para-hydroxylation sites is 1. The van der Waals surface area contributed by atoms with Crippen molar-refractivity contribution in [2.75, 3.05) is 19.0 Å². The Morgan fingerprint density at radius 2 is 1.68 bits per heavy atom. The van der Waals surface area contributed by atoms with Gasteiger partial charge in [-0.25, -0.2) is 9.97 Å². The van der Waals surface area contributed by atoms with E-state index in [0.29, 0.717) is 10.6 Å². The summed E-state index contributed by atoms with van der Waals surface area (Å²) in [6.45, 7) is 14.2. The van der Waals surface area contributed by atoms with Crippen molar-refractivity contribution in [1.82, 2.24) is 19.7 Å². The zero-order chi connectivity index (χ0) is 30.0. The molecule has 1 fully saturated rings. The molecule has 0 bridgehead atoms. The maximum atomic E-state index is 12.7. The predicted molar refractivity (Wildman–Crippen MR) is 164 cm³/mol. The number of fused-ring (bicyclic) bond motifs is 1. The van der Waals surface area contributed by atoms with Crippen LogP contribution in [-0.2, 0) is 13.2 Å². The molecule has 1 aliphatic rings. The lowest BCUT2D eigenvalue weighted by Crippen LogP contribution is -2.12. The molecule has 1 aliphatic carbocycles. The van der Waals surface area contributed by atoms with Gasteiger partial charge in [-0.05, 0) is 55.2 Å². The Balaban J connectivity index is 0.000000225. The zero-order valence-corrected chi connectivity index (χ0v) is 26.0. The van der Waals surface area contributed by atoms with E-state index >= 15 is 0 Å². The normalized spacial score (nSPS) is 17.4. The van der Waals surface area contributed by atoms with Crippen LogP contribution in [0.3, 0.4) is 0 Å². The standard InChI is InChI=1S/C12H15F3N2S.C11H13N3.C8H16/c1-5-8(3)18-10(6-2)9-7-11(12(13,14)15)17(4)16-9;1-8-12-10-7-5-4-6-9(10)11(13-8)14(2)3;1-7-3-5-8(2)6-4-7/h6-7H,3,5H2,1-2,4H3;4-7H,1-3H3;7-8H,3-6H2,1-2H3/b10-6-;;. The van der Waals surface area contributed by atoms with Crippen molar-refractivity contribution in [1.29, 1.82) is 0 Å². The summed E-state index contributed by atoms with van der Waals surface area (Å²) in [5, 5.41) is 5.00. The molecule has 0 atom stereocenters. The van der Waals surface area contributed by atoms with Crippen LogP contribution >= 0.6 is 11.8 Å². The second-order valence-corrected chi connectivity index (χ2v) is 11.8. The van der Waals surface area contributed by atoms with Crippen LogP contribution in [0.2, 0.25) is 0 Å². The fraction of sp³-hybridized carbons (Fsp3) is 0.516. The van der Waals surface area contributed by atoms with Gasteiger partial charge in [-0.15, -0.1) is 0 Å². The van der Waals surface area contributed by atoms with E-state index in [2.05, 4.69) is 35.5 Å². The van der Waals surface area contributed by atoms with E-state index in [4.69, 9.17) is 0 Å². The molecule has 1 saturated carbocycles. The van der Waals surface area contributed by atoms with Crippen molar-refractivity contribution in [2.24, 2.45) is 18.9 Å². The van der Waals surface area contributed by atoms with Crippen LogP contribution in [0, 0.1) is 18.8 Å². The van der Waals surface area contributed by atoms with Crippen molar-refractivity contribution in [2.45, 2.75) is 72.9 Å². The maximum Gasteiger partial charge on any atom is 0.433 e. The molecule has 0 saturated heterocycles. The lowest BCUT2D eigenvalue weighted by atomic mass is 9.84. The SMILES string of the molecule is C=C(CC)S/C(=C\C)c1cc(C(F)(F)F)n(C)n1.CC1CCC(C)CC1.Cc1nc(N(C)C)c2ccccc2n1. The van der Waals surface area contributed by atoms with Crippen LogP contribution in [-0.4, -0.2) is 33.8 Å². The van der Waals surface area contributed by atoms with Crippen LogP contribution in [0.25, 0.3) is 15.8 Å². The van der Waals surface area contributed by atoms with E-state index in [9.17, 15) is 13.2 Å². The molecule has 0 N–H and O–H groups in total. The number of aromatic nitrogens is 4. The number of alkyl halides is 3. The summed E-state index contributed by atoms with van der Waals surface area (Å²) in [7, 11) is 5.28. The van der Waals surface area contributed by atoms with Gasteiger partial charge in [0.1, 0.15) is 17.3 Å². The summed E-state index contributed by atoms with van der Waals surface area (Å²) in [5.41, 5.74) is 0.579. The number of hydrogen-bond acceptors (Lipinski definition) is 5. The minimum atomic E-state index is -4.38. The molecule has 3 aromatic rings. The van der Waals surface area contributed by atoms with Crippen molar-refractivity contribution in [3.63, 3.8) is 0 Å². The minimum Gasteiger partial charge on any atom is -0.362 e. The Kier molecular flexibility index (Phi) is 12.7. The highest BCUT2D eigenvalue weighted by molar-refractivity contribution is 8.11. The quantitative estimate of drug-likeness (QED) is 0.303. The van der Waals surface area contributed by atoms with Crippen molar-refractivity contribution in [3.05, 3.63) is 65.1 Å². The molecule has 5 nitrogen and oxygen atoms in total. The number of anilines is 1. The van der Waals surface area contributed by atoms with E-state index < -0.39 is 11.9 Å². The highest BCUT2D eigenvalue weighted by Crippen LogP contribution is 2.36. The van der Waals surface area contributed by atoms with Gasteiger partial charge in [0.05, 0.1) is 11.2 Å². The molecule has 4 rings (SSSR count). The number of hydrogen-bond donors (Lipinski definition) is 0. The fourth-order valence-electron chi connectivity index (χ4n) is 4.28. The molecule has 0 radical (unpaired) electrons. The molecule has 220 valence electrons. The maximum absolute atomic E-state index is 12.7. The molecule has 9 heteroatoms. The van der Waals surface area contributed by atoms with E-state index in [1.807, 2.05) is 57.1 Å². The number of allylic oxidation sites excluding steroid dienone is 2. The van der Waals surface area contributed by atoms with Gasteiger partial charge in [0.25, 0.3) is 0 Å². The Morgan fingerprint density at radius 3 is 2.15 bits per heavy atom. The molecule has 2 aromatic heterocycles. The largest absolute Gasteiger partial charge is 0.433 e. The van der Waals surface area contributed by atoms with E-state index in [-0.39, 0.29) is 0 Å². The van der Waals surface area contributed by atoms with Gasteiger partial charge in [0.15, 0.2) is 0 Å². The van der Waals surface area contributed by atoms with Gasteiger partial charge in [0.2, 0.25) is 0 Å². The number of benzene rings is 1. The molecule has 2 heterocycles. The number of rotatable bonds is 5. The van der Waals surface area contributed by atoms with E-state index in [1.54, 1.807) is 13.0 Å². The topological polar surface area (TPSA) is 46.8 Å². The van der Waals surface area contributed by atoms with Crippen molar-refractivity contribution >= 4 is 33.4 Å². The second kappa shape index (κ2) is 15.3. The van der Waals surface area contributed by atoms with Crippen LogP contribution in [0.4, 0.5) is 19.0 Å². The molecule has 0 spiro atoms. The number of thioether (sulfide) groups is 1. The average molecular weight is 576 g/mol. The lowest BCUT2D eigenvalue weighted by Gasteiger charge is -2.22. The highest BCUT2D eigenvalue weighted by atomic mass is 32.2. The van der Waals surface area contributed by atoms with Crippen LogP contribution < -0.4 is 4.90 Å². The average Bonchev–Trinajstić information content (AvgIpc) is 3.31. The fourth-order valence-corrected chi connectivity index (χ4v) is 5.06. The van der Waals surface area contributed by atoms with Gasteiger partial charge in [-0.2, -0.15) is 18.3 Å². The van der Waals surface area contributed by atoms with Gasteiger partial charge < -0.3 is 4.90 Å². The van der Waals surface area contributed by atoms with Crippen LogP contribution in [0.1, 0.15) is 77.0 Å². The molecular weight excluding hydrogens is 531 g/mol. The Bertz CT molecular complexity index is 1260. The third kappa shape index (κ3) is 9.98.